The summed E-state index contributed by atoms with van der Waals surface area (Å²) in [6.45, 7) is 2.92. The van der Waals surface area contributed by atoms with Crippen LogP contribution in [0.2, 0.25) is 0 Å². The monoisotopic (exact) mass is 195 g/mol. The van der Waals surface area contributed by atoms with Crippen LogP contribution in [0.3, 0.4) is 0 Å². The third-order valence-electron chi connectivity index (χ3n) is 1.83. The molecule has 14 heavy (non-hydrogen) atoms. The molecule has 5 nitrogen and oxygen atoms in total. The van der Waals surface area contributed by atoms with Gasteiger partial charge in [-0.25, -0.2) is 9.69 Å². The lowest BCUT2D eigenvalue weighted by Crippen LogP contribution is -2.33. The Labute approximate surface area is 80.3 Å². The molecule has 74 valence electrons. The zero-order valence-electron chi connectivity index (χ0n) is 7.77. The standard InChI is InChI=1S/C9H9NO4/c1-3-6(9(13)14)10-7(11)4-5(2)8(10)12/h3-4H,1-2H3,(H,13,14). The molecule has 1 aliphatic rings. The minimum Gasteiger partial charge on any atom is -0.477 e. The third kappa shape index (κ3) is 1.44. The van der Waals surface area contributed by atoms with Crippen molar-refractivity contribution in [2.45, 2.75) is 13.8 Å². The highest BCUT2D eigenvalue weighted by Gasteiger charge is 2.33. The maximum absolute atomic E-state index is 11.4. The average Bonchev–Trinajstić information content (AvgIpc) is 2.32. The highest BCUT2D eigenvalue weighted by Crippen LogP contribution is 2.17. The van der Waals surface area contributed by atoms with Crippen LogP contribution in [0, 0.1) is 0 Å². The van der Waals surface area contributed by atoms with Crippen molar-refractivity contribution in [1.82, 2.24) is 4.90 Å². The van der Waals surface area contributed by atoms with E-state index in [1.807, 2.05) is 0 Å². The molecule has 0 unspecified atom stereocenters. The second-order valence-electron chi connectivity index (χ2n) is 2.79. The van der Waals surface area contributed by atoms with Crippen molar-refractivity contribution in [3.8, 4) is 0 Å². The van der Waals surface area contributed by atoms with Crippen LogP contribution < -0.4 is 0 Å². The molecule has 1 rings (SSSR count). The van der Waals surface area contributed by atoms with Gasteiger partial charge in [0.25, 0.3) is 11.8 Å². The Balaban J connectivity index is 3.08. The van der Waals surface area contributed by atoms with E-state index in [2.05, 4.69) is 0 Å². The van der Waals surface area contributed by atoms with Crippen LogP contribution in [-0.4, -0.2) is 27.8 Å². The summed E-state index contributed by atoms with van der Waals surface area (Å²) in [5, 5.41) is 8.72. The number of hydrogen-bond acceptors (Lipinski definition) is 3. The molecule has 0 atom stereocenters. The largest absolute Gasteiger partial charge is 0.477 e. The molecule has 0 bridgehead atoms. The molecule has 0 fully saturated rings. The number of rotatable bonds is 2. The molecule has 0 aromatic heterocycles. The Kier molecular flexibility index (Phi) is 2.51. The fourth-order valence-corrected chi connectivity index (χ4v) is 1.16. The van der Waals surface area contributed by atoms with Gasteiger partial charge in [-0.15, -0.1) is 0 Å². The summed E-state index contributed by atoms with van der Waals surface area (Å²) in [5.74, 6) is -2.48. The van der Waals surface area contributed by atoms with Crippen LogP contribution in [0.5, 0.6) is 0 Å². The second-order valence-corrected chi connectivity index (χ2v) is 2.79. The molecule has 1 heterocycles. The number of hydrogen-bond donors (Lipinski definition) is 1. The molecule has 5 heteroatoms. The van der Waals surface area contributed by atoms with E-state index in [-0.39, 0.29) is 11.3 Å². The van der Waals surface area contributed by atoms with Crippen LogP contribution in [0.25, 0.3) is 0 Å². The maximum atomic E-state index is 11.4. The molecule has 2 amide bonds. The summed E-state index contributed by atoms with van der Waals surface area (Å²) < 4.78 is 0. The lowest BCUT2D eigenvalue weighted by molar-refractivity contribution is -0.143. The summed E-state index contributed by atoms with van der Waals surface area (Å²) >= 11 is 0. The van der Waals surface area contributed by atoms with Crippen molar-refractivity contribution >= 4 is 17.8 Å². The number of aliphatic carboxylic acids is 1. The number of amides is 2. The number of carbonyl (C=O) groups is 3. The highest BCUT2D eigenvalue weighted by atomic mass is 16.4. The normalized spacial score (nSPS) is 17.4. The van der Waals surface area contributed by atoms with Gasteiger partial charge in [-0.2, -0.15) is 0 Å². The van der Waals surface area contributed by atoms with E-state index in [1.165, 1.54) is 19.9 Å². The van der Waals surface area contributed by atoms with Gasteiger partial charge in [-0.1, -0.05) is 6.08 Å². The van der Waals surface area contributed by atoms with Gasteiger partial charge in [-0.05, 0) is 13.8 Å². The highest BCUT2D eigenvalue weighted by molar-refractivity contribution is 6.19. The van der Waals surface area contributed by atoms with Gasteiger partial charge in [0.2, 0.25) is 0 Å². The molecule has 0 saturated heterocycles. The number of nitrogens with zero attached hydrogens (tertiary/aromatic N) is 1. The molecule has 0 aliphatic carbocycles. The Morgan fingerprint density at radius 3 is 2.36 bits per heavy atom. The maximum Gasteiger partial charge on any atom is 0.352 e. The number of carboxylic acids is 1. The number of carboxylic acid groups (broad SMARTS) is 1. The lowest BCUT2D eigenvalue weighted by atomic mass is 10.3. The summed E-state index contributed by atoms with van der Waals surface area (Å²) in [7, 11) is 0. The Morgan fingerprint density at radius 2 is 2.07 bits per heavy atom. The number of allylic oxidation sites excluding steroid dienone is 1. The summed E-state index contributed by atoms with van der Waals surface area (Å²) in [4.78, 5) is 33.9. The topological polar surface area (TPSA) is 74.7 Å². The molecular formula is C9H9NO4. The van der Waals surface area contributed by atoms with Crippen LogP contribution >= 0.6 is 0 Å². The van der Waals surface area contributed by atoms with Crippen molar-refractivity contribution in [3.05, 3.63) is 23.4 Å². The van der Waals surface area contributed by atoms with E-state index in [0.717, 1.165) is 6.08 Å². The second kappa shape index (κ2) is 3.45. The Morgan fingerprint density at radius 1 is 1.50 bits per heavy atom. The van der Waals surface area contributed by atoms with Crippen molar-refractivity contribution < 1.29 is 19.5 Å². The molecular weight excluding hydrogens is 186 g/mol. The fraction of sp³-hybridized carbons (Fsp3) is 0.222. The molecule has 0 saturated carbocycles. The van der Waals surface area contributed by atoms with Crippen molar-refractivity contribution in [2.24, 2.45) is 0 Å². The van der Waals surface area contributed by atoms with Crippen LogP contribution in [-0.2, 0) is 14.4 Å². The number of imide groups is 1. The van der Waals surface area contributed by atoms with E-state index >= 15 is 0 Å². The first-order chi connectivity index (χ1) is 6.49. The zero-order valence-corrected chi connectivity index (χ0v) is 7.77. The molecule has 0 aromatic rings. The number of carbonyl (C=O) groups excluding carboxylic acids is 2. The zero-order chi connectivity index (χ0) is 10.9. The van der Waals surface area contributed by atoms with Crippen molar-refractivity contribution in [1.29, 1.82) is 0 Å². The fourth-order valence-electron chi connectivity index (χ4n) is 1.16. The van der Waals surface area contributed by atoms with E-state index in [4.69, 9.17) is 5.11 Å². The van der Waals surface area contributed by atoms with Crippen molar-refractivity contribution in [2.75, 3.05) is 0 Å². The smallest absolute Gasteiger partial charge is 0.352 e. The predicted molar refractivity (Wildman–Crippen MR) is 47.0 cm³/mol. The van der Waals surface area contributed by atoms with Gasteiger partial charge in [0.05, 0.1) is 0 Å². The Bertz CT molecular complexity index is 378. The summed E-state index contributed by atoms with van der Waals surface area (Å²) in [6.07, 6.45) is 2.33. The van der Waals surface area contributed by atoms with E-state index < -0.39 is 17.8 Å². The van der Waals surface area contributed by atoms with Crippen LogP contribution in [0.4, 0.5) is 0 Å². The van der Waals surface area contributed by atoms with Crippen LogP contribution in [0.1, 0.15) is 13.8 Å². The van der Waals surface area contributed by atoms with Gasteiger partial charge in [0.1, 0.15) is 5.70 Å². The molecule has 1 aliphatic heterocycles. The molecule has 0 spiro atoms. The van der Waals surface area contributed by atoms with Gasteiger partial charge < -0.3 is 5.11 Å². The van der Waals surface area contributed by atoms with E-state index in [1.54, 1.807) is 0 Å². The van der Waals surface area contributed by atoms with Gasteiger partial charge in [0.15, 0.2) is 0 Å². The van der Waals surface area contributed by atoms with E-state index in [9.17, 15) is 14.4 Å². The Hall–Kier alpha value is -1.91. The lowest BCUT2D eigenvalue weighted by Gasteiger charge is -2.13. The minimum absolute atomic E-state index is 0.246. The predicted octanol–water partition coefficient (Wildman–Crippen LogP) is 0.290. The quantitative estimate of drug-likeness (QED) is 0.507. The SMILES string of the molecule is CC=C(C(=O)O)N1C(=O)C=C(C)C1=O. The first-order valence-corrected chi connectivity index (χ1v) is 3.95. The molecule has 0 aromatic carbocycles. The first-order valence-electron chi connectivity index (χ1n) is 3.95. The third-order valence-corrected chi connectivity index (χ3v) is 1.83. The average molecular weight is 195 g/mol. The van der Waals surface area contributed by atoms with Crippen LogP contribution in [0.15, 0.2) is 23.4 Å². The minimum atomic E-state index is -1.29. The first kappa shape index (κ1) is 10.2. The van der Waals surface area contributed by atoms with Gasteiger partial charge in [-0.3, -0.25) is 9.59 Å². The van der Waals surface area contributed by atoms with E-state index in [0.29, 0.717) is 4.90 Å². The van der Waals surface area contributed by atoms with Gasteiger partial charge in [0, 0.05) is 11.6 Å². The summed E-state index contributed by atoms with van der Waals surface area (Å²) in [5.41, 5.74) is -0.0660. The van der Waals surface area contributed by atoms with Crippen molar-refractivity contribution in [3.63, 3.8) is 0 Å². The summed E-state index contributed by atoms with van der Waals surface area (Å²) in [6, 6.07) is 0. The molecule has 0 radical (unpaired) electrons. The van der Waals surface area contributed by atoms with Gasteiger partial charge >= 0.3 is 5.97 Å². The molecule has 1 N–H and O–H groups in total.